The molecule has 3 aromatic heterocycles. The van der Waals surface area contributed by atoms with E-state index in [1.165, 1.54) is 261 Å². The van der Waals surface area contributed by atoms with Gasteiger partial charge in [0.2, 0.25) is 0 Å². The van der Waals surface area contributed by atoms with Crippen LogP contribution in [0.2, 0.25) is 0 Å². The number of benzene rings is 4. The predicted molar refractivity (Wildman–Crippen MR) is 383 cm³/mol. The summed E-state index contributed by atoms with van der Waals surface area (Å²) in [6, 6.07) is 14.1. The summed E-state index contributed by atoms with van der Waals surface area (Å²) in [5.74, 6) is 6.43. The van der Waals surface area contributed by atoms with Gasteiger partial charge < -0.3 is 0 Å². The molecule has 7 aromatic rings. The molecule has 0 aliphatic rings. The molecule has 6 nitrogen and oxygen atoms in total. The Hall–Kier alpha value is -2.22. The Morgan fingerprint density at radius 1 is 0.179 bits per heavy atom. The second-order valence-corrected chi connectivity index (χ2v) is 30.6. The molecule has 0 atom stereocenters. The van der Waals surface area contributed by atoms with Crippen LogP contribution in [-0.2, 0) is 0 Å². The highest BCUT2D eigenvalue weighted by Crippen LogP contribution is 2.43. The number of fused-ring (bicyclic) bond motifs is 9. The maximum absolute atomic E-state index is 5.89. The topological polar surface area (TPSA) is 77.3 Å². The van der Waals surface area contributed by atoms with Crippen molar-refractivity contribution in [3.8, 4) is 0 Å². The average molecular weight is 1250 g/mol. The Bertz CT molecular complexity index is 2460. The normalized spacial score (nSPS) is 12.1. The number of unbranched alkanes of at least 4 members (excludes halogenated alkanes) is 30. The summed E-state index contributed by atoms with van der Waals surface area (Å²) in [6.07, 6.45) is 46.4. The molecule has 4 aromatic carbocycles. The summed E-state index contributed by atoms with van der Waals surface area (Å²) in [5, 5.41) is 0. The van der Waals surface area contributed by atoms with Crippen molar-refractivity contribution in [2.24, 2.45) is 0 Å². The molecule has 7 rings (SSSR count). The van der Waals surface area contributed by atoms with Crippen LogP contribution in [0.4, 0.5) is 0 Å². The van der Waals surface area contributed by atoms with Crippen LogP contribution in [0.1, 0.15) is 273 Å². The Morgan fingerprint density at radius 3 is 0.452 bits per heavy atom. The number of nitrogens with zero attached hydrogens (tertiary/aromatic N) is 6. The molecule has 0 aliphatic heterocycles. The van der Waals surface area contributed by atoms with Gasteiger partial charge in [-0.15, -0.1) is 70.6 Å². The first-order valence-electron chi connectivity index (χ1n) is 34.4. The van der Waals surface area contributed by atoms with E-state index < -0.39 is 0 Å². The Labute approximate surface area is 535 Å². The molecule has 0 saturated carbocycles. The quantitative estimate of drug-likeness (QED) is 0.0158. The molecule has 0 fully saturated rings. The zero-order valence-corrected chi connectivity index (χ0v) is 58.2. The van der Waals surface area contributed by atoms with Gasteiger partial charge in [-0.05, 0) is 109 Å². The van der Waals surface area contributed by atoms with Crippen LogP contribution >= 0.6 is 70.6 Å². The highest BCUT2D eigenvalue weighted by atomic mass is 32.2. The van der Waals surface area contributed by atoms with Crippen molar-refractivity contribution < 1.29 is 0 Å². The third-order valence-electron chi connectivity index (χ3n) is 16.5. The molecule has 0 amide bonds. The SMILES string of the molecule is CCCCCCCCSc1ccc(SCCCCCCCC)c2nc3c(nc12)c1nc2c(SCCCCCCCC)ccc(SCCCCCCCC)c2nc1c1nc2c(SCCCCCCCC)ccc(SCCCCCCCC)c2nc31. The van der Waals surface area contributed by atoms with Crippen LogP contribution in [-0.4, -0.2) is 64.4 Å². The van der Waals surface area contributed by atoms with Crippen LogP contribution in [0.15, 0.2) is 65.8 Å². The van der Waals surface area contributed by atoms with Gasteiger partial charge >= 0.3 is 0 Å². The standard InChI is InChI=1S/C72H108N6S6/c1-7-13-19-25-31-37-49-79-55-43-44-56(80-50-38-32-26-20-14-8-2)62-61(55)73-67-68(74-62)70-72(78-66-60(84-54-42-36-30-24-18-12-6)48-47-59(65(66)76-70)83-53-41-35-29-23-17-11-5)71-69(67)75-63-57(81-51-39-33-27-21-15-9-3)45-46-58(64(63)77-71)82-52-40-34-28-22-16-10-4/h43-48H,7-42,49-54H2,1-6H3. The maximum Gasteiger partial charge on any atom is 0.120 e. The summed E-state index contributed by atoms with van der Waals surface area (Å²) in [4.78, 5) is 42.7. The number of thioether (sulfide) groups is 6. The second-order valence-electron chi connectivity index (χ2n) is 23.7. The van der Waals surface area contributed by atoms with Crippen LogP contribution in [0, 0.1) is 0 Å². The van der Waals surface area contributed by atoms with Crippen molar-refractivity contribution in [1.82, 2.24) is 29.9 Å². The molecule has 0 radical (unpaired) electrons. The first-order chi connectivity index (χ1) is 41.5. The van der Waals surface area contributed by atoms with Crippen molar-refractivity contribution >= 4 is 137 Å². The minimum Gasteiger partial charge on any atom is -0.241 e. The van der Waals surface area contributed by atoms with Gasteiger partial charge in [0.25, 0.3) is 0 Å². The van der Waals surface area contributed by atoms with E-state index >= 15 is 0 Å². The van der Waals surface area contributed by atoms with Gasteiger partial charge in [0.05, 0.1) is 0 Å². The van der Waals surface area contributed by atoms with E-state index in [1.807, 2.05) is 70.6 Å². The molecule has 12 heteroatoms. The van der Waals surface area contributed by atoms with Gasteiger partial charge in [0, 0.05) is 29.4 Å². The van der Waals surface area contributed by atoms with E-state index in [9.17, 15) is 0 Å². The molecule has 0 unspecified atom stereocenters. The van der Waals surface area contributed by atoms with Gasteiger partial charge in [-0.3, -0.25) is 0 Å². The smallest absolute Gasteiger partial charge is 0.120 e. The summed E-state index contributed by atoms with van der Waals surface area (Å²) < 4.78 is 0. The molecule has 84 heavy (non-hydrogen) atoms. The van der Waals surface area contributed by atoms with Gasteiger partial charge in [-0.25, -0.2) is 29.9 Å². The highest BCUT2D eigenvalue weighted by Gasteiger charge is 2.24. The molecule has 0 saturated heterocycles. The highest BCUT2D eigenvalue weighted by molar-refractivity contribution is 8.01. The lowest BCUT2D eigenvalue weighted by Crippen LogP contribution is -2.02. The minimum absolute atomic E-state index is 0.805. The number of rotatable bonds is 48. The number of hydrogen-bond donors (Lipinski definition) is 0. The predicted octanol–water partition coefficient (Wildman–Crippen LogP) is 25.7. The van der Waals surface area contributed by atoms with Crippen LogP contribution in [0.25, 0.3) is 66.2 Å². The molecule has 462 valence electrons. The summed E-state index contributed by atoms with van der Waals surface area (Å²) >= 11 is 11.8. The van der Waals surface area contributed by atoms with E-state index in [2.05, 4.69) is 77.9 Å². The molecule has 0 spiro atoms. The molecular weight excluding hydrogens is 1140 g/mol. The molecular formula is C72H108N6S6. The Balaban J connectivity index is 1.44. The van der Waals surface area contributed by atoms with Crippen molar-refractivity contribution in [2.45, 2.75) is 302 Å². The largest absolute Gasteiger partial charge is 0.241 e. The lowest BCUT2D eigenvalue weighted by atomic mass is 10.1. The van der Waals surface area contributed by atoms with E-state index in [-0.39, 0.29) is 0 Å². The van der Waals surface area contributed by atoms with Gasteiger partial charge in [0.15, 0.2) is 0 Å². The summed E-state index contributed by atoms with van der Waals surface area (Å²) in [6.45, 7) is 13.8. The van der Waals surface area contributed by atoms with Crippen molar-refractivity contribution in [3.05, 3.63) is 36.4 Å². The molecule has 0 aliphatic carbocycles. The summed E-state index contributed by atoms with van der Waals surface area (Å²) in [7, 11) is 0. The molecule has 0 N–H and O–H groups in total. The van der Waals surface area contributed by atoms with Crippen molar-refractivity contribution in [2.75, 3.05) is 34.5 Å². The maximum atomic E-state index is 5.89. The fourth-order valence-electron chi connectivity index (χ4n) is 11.3. The van der Waals surface area contributed by atoms with E-state index in [1.54, 1.807) is 0 Å². The average Bonchev–Trinajstić information content (AvgIpc) is 1.38. The van der Waals surface area contributed by atoms with Crippen LogP contribution in [0.5, 0.6) is 0 Å². The first kappa shape index (κ1) is 69.3. The molecule has 3 heterocycles. The lowest BCUT2D eigenvalue weighted by molar-refractivity contribution is 0.627. The first-order valence-corrected chi connectivity index (χ1v) is 40.3. The van der Waals surface area contributed by atoms with E-state index in [0.717, 1.165) is 101 Å². The van der Waals surface area contributed by atoms with E-state index in [4.69, 9.17) is 29.9 Å². The number of hydrogen-bond acceptors (Lipinski definition) is 12. The minimum atomic E-state index is 0.805. The zero-order valence-electron chi connectivity index (χ0n) is 53.3. The fraction of sp³-hybridized carbons (Fsp3) is 0.667. The van der Waals surface area contributed by atoms with Crippen LogP contribution < -0.4 is 0 Å². The Kier molecular flexibility index (Phi) is 33.9. The van der Waals surface area contributed by atoms with E-state index in [0.29, 0.717) is 0 Å². The number of aromatic nitrogens is 6. The fourth-order valence-corrected chi connectivity index (χ4v) is 17.4. The van der Waals surface area contributed by atoms with Gasteiger partial charge in [-0.2, -0.15) is 0 Å². The van der Waals surface area contributed by atoms with Crippen molar-refractivity contribution in [1.29, 1.82) is 0 Å². The summed E-state index contributed by atoms with van der Waals surface area (Å²) in [5.41, 5.74) is 10.8. The molecule has 0 bridgehead atoms. The van der Waals surface area contributed by atoms with Gasteiger partial charge in [-0.1, -0.05) is 234 Å². The third kappa shape index (κ3) is 21.8. The Morgan fingerprint density at radius 2 is 0.310 bits per heavy atom. The second kappa shape index (κ2) is 41.1. The third-order valence-corrected chi connectivity index (χ3v) is 23.3. The monoisotopic (exact) mass is 1250 g/mol. The van der Waals surface area contributed by atoms with Gasteiger partial charge in [0.1, 0.15) is 66.2 Å². The zero-order chi connectivity index (χ0) is 58.8. The lowest BCUT2D eigenvalue weighted by Gasteiger charge is -2.16. The van der Waals surface area contributed by atoms with Crippen molar-refractivity contribution in [3.63, 3.8) is 0 Å². The van der Waals surface area contributed by atoms with Crippen LogP contribution in [0.3, 0.4) is 0 Å².